The predicted molar refractivity (Wildman–Crippen MR) is 52.7 cm³/mol. The Morgan fingerprint density at radius 3 is 2.93 bits per heavy atom. The van der Waals surface area contributed by atoms with Crippen LogP contribution >= 0.6 is 0 Å². The van der Waals surface area contributed by atoms with E-state index in [1.54, 1.807) is 11.8 Å². The lowest BCUT2D eigenvalue weighted by atomic mass is 10.2. The van der Waals surface area contributed by atoms with E-state index in [-0.39, 0.29) is 18.6 Å². The first-order valence-electron chi connectivity index (χ1n) is 5.23. The molecule has 82 valence electrons. The molecule has 1 saturated heterocycles. The molecule has 4 heteroatoms. The smallest absolute Gasteiger partial charge is 0.222 e. The van der Waals surface area contributed by atoms with Crippen LogP contribution in [0.5, 0.6) is 0 Å². The van der Waals surface area contributed by atoms with Gasteiger partial charge in [0.1, 0.15) is 0 Å². The first-order valence-corrected chi connectivity index (χ1v) is 5.23. The molecule has 0 bridgehead atoms. The molecular formula is C10H19NO3. The molecular weight excluding hydrogens is 182 g/mol. The molecule has 2 atom stereocenters. The van der Waals surface area contributed by atoms with Gasteiger partial charge in [0.15, 0.2) is 0 Å². The molecule has 2 N–H and O–H groups in total. The molecule has 1 fully saturated rings. The summed E-state index contributed by atoms with van der Waals surface area (Å²) in [6.45, 7) is 2.49. The van der Waals surface area contributed by atoms with Gasteiger partial charge >= 0.3 is 0 Å². The molecule has 0 aromatic rings. The number of hydrogen-bond acceptors (Lipinski definition) is 3. The number of carbonyl (C=O) groups excluding carboxylic acids is 1. The predicted octanol–water partition coefficient (Wildman–Crippen LogP) is 0.131. The van der Waals surface area contributed by atoms with Gasteiger partial charge in [-0.15, -0.1) is 0 Å². The molecule has 0 aliphatic carbocycles. The molecule has 14 heavy (non-hydrogen) atoms. The second-order valence-electron chi connectivity index (χ2n) is 3.95. The van der Waals surface area contributed by atoms with E-state index >= 15 is 0 Å². The van der Waals surface area contributed by atoms with E-state index in [1.165, 1.54) is 0 Å². The lowest BCUT2D eigenvalue weighted by molar-refractivity contribution is -0.133. The Bertz CT molecular complexity index is 194. The van der Waals surface area contributed by atoms with Crippen molar-refractivity contribution in [1.29, 1.82) is 0 Å². The average molecular weight is 201 g/mol. The lowest BCUT2D eigenvalue weighted by Gasteiger charge is -2.23. The third-order valence-electron chi connectivity index (χ3n) is 2.68. The summed E-state index contributed by atoms with van der Waals surface area (Å²) in [5, 5.41) is 18.1. The van der Waals surface area contributed by atoms with Crippen LogP contribution in [0.2, 0.25) is 0 Å². The summed E-state index contributed by atoms with van der Waals surface area (Å²) >= 11 is 0. The van der Waals surface area contributed by atoms with Crippen molar-refractivity contribution in [3.63, 3.8) is 0 Å². The van der Waals surface area contributed by atoms with Gasteiger partial charge in [0, 0.05) is 13.0 Å². The van der Waals surface area contributed by atoms with Gasteiger partial charge in [0.25, 0.3) is 0 Å². The van der Waals surface area contributed by atoms with E-state index in [9.17, 15) is 4.79 Å². The fourth-order valence-electron chi connectivity index (χ4n) is 1.83. The van der Waals surface area contributed by atoms with Crippen LogP contribution in [-0.4, -0.2) is 46.3 Å². The minimum atomic E-state index is -0.422. The van der Waals surface area contributed by atoms with Crippen LogP contribution < -0.4 is 0 Å². The molecule has 1 heterocycles. The van der Waals surface area contributed by atoms with E-state index in [1.807, 2.05) is 0 Å². The summed E-state index contributed by atoms with van der Waals surface area (Å²) in [5.74, 6) is 0.0578. The quantitative estimate of drug-likeness (QED) is 0.679. The minimum absolute atomic E-state index is 0.0106. The fraction of sp³-hybridized carbons (Fsp3) is 0.900. The van der Waals surface area contributed by atoms with E-state index in [4.69, 9.17) is 10.2 Å². The van der Waals surface area contributed by atoms with E-state index in [0.29, 0.717) is 12.8 Å². The lowest BCUT2D eigenvalue weighted by Crippen LogP contribution is -2.37. The molecule has 1 aliphatic rings. The highest BCUT2D eigenvalue weighted by Crippen LogP contribution is 2.18. The highest BCUT2D eigenvalue weighted by Gasteiger charge is 2.27. The summed E-state index contributed by atoms with van der Waals surface area (Å²) < 4.78 is 0. The minimum Gasteiger partial charge on any atom is -0.394 e. The Labute approximate surface area is 84.5 Å². The topological polar surface area (TPSA) is 60.8 Å². The van der Waals surface area contributed by atoms with Crippen molar-refractivity contribution in [3.8, 4) is 0 Å². The zero-order valence-electron chi connectivity index (χ0n) is 8.65. The van der Waals surface area contributed by atoms with Gasteiger partial charge in [-0.2, -0.15) is 0 Å². The van der Waals surface area contributed by atoms with Crippen molar-refractivity contribution in [2.24, 2.45) is 0 Å². The summed E-state index contributed by atoms with van der Waals surface area (Å²) in [4.78, 5) is 13.4. The Morgan fingerprint density at radius 1 is 1.64 bits per heavy atom. The van der Waals surface area contributed by atoms with Gasteiger partial charge in [-0.3, -0.25) is 4.79 Å². The van der Waals surface area contributed by atoms with Crippen molar-refractivity contribution in [2.75, 3.05) is 13.2 Å². The van der Waals surface area contributed by atoms with E-state index in [2.05, 4.69) is 0 Å². The highest BCUT2D eigenvalue weighted by molar-refractivity contribution is 5.76. The molecule has 0 saturated carbocycles. The van der Waals surface area contributed by atoms with Gasteiger partial charge in [0.05, 0.1) is 18.8 Å². The zero-order valence-corrected chi connectivity index (χ0v) is 8.65. The average Bonchev–Trinajstić information content (AvgIpc) is 2.61. The second-order valence-corrected chi connectivity index (χ2v) is 3.95. The Morgan fingerprint density at radius 2 is 2.36 bits per heavy atom. The normalized spacial score (nSPS) is 23.9. The summed E-state index contributed by atoms with van der Waals surface area (Å²) in [6, 6.07) is 0.0106. The number of nitrogens with zero attached hydrogens (tertiary/aromatic N) is 1. The monoisotopic (exact) mass is 201 g/mol. The molecule has 4 nitrogen and oxygen atoms in total. The second kappa shape index (κ2) is 5.32. The molecule has 0 aromatic carbocycles. The van der Waals surface area contributed by atoms with Crippen LogP contribution in [0.4, 0.5) is 0 Å². The standard InChI is InChI=1S/C10H19NO3/c1-8(13)4-5-10(14)11-6-2-3-9(11)7-12/h8-9,12-13H,2-7H2,1H3/t8?,9-/m1/s1. The van der Waals surface area contributed by atoms with Crippen LogP contribution in [0.25, 0.3) is 0 Å². The number of rotatable bonds is 4. The van der Waals surface area contributed by atoms with Crippen molar-refractivity contribution >= 4 is 5.91 Å². The Balaban J connectivity index is 2.35. The molecule has 0 aromatic heterocycles. The first-order chi connectivity index (χ1) is 6.65. The van der Waals surface area contributed by atoms with E-state index < -0.39 is 6.10 Å². The van der Waals surface area contributed by atoms with Gasteiger partial charge in [-0.1, -0.05) is 0 Å². The van der Waals surface area contributed by atoms with Crippen LogP contribution in [0, 0.1) is 0 Å². The number of aliphatic hydroxyl groups is 2. The van der Waals surface area contributed by atoms with Crippen LogP contribution in [0.15, 0.2) is 0 Å². The van der Waals surface area contributed by atoms with Crippen LogP contribution in [0.1, 0.15) is 32.6 Å². The van der Waals surface area contributed by atoms with Gasteiger partial charge in [0.2, 0.25) is 5.91 Å². The number of hydrogen-bond donors (Lipinski definition) is 2. The molecule has 1 aliphatic heterocycles. The zero-order chi connectivity index (χ0) is 10.6. The summed E-state index contributed by atoms with van der Waals surface area (Å²) in [7, 11) is 0. The number of amides is 1. The highest BCUT2D eigenvalue weighted by atomic mass is 16.3. The van der Waals surface area contributed by atoms with Crippen LogP contribution in [0.3, 0.4) is 0 Å². The van der Waals surface area contributed by atoms with E-state index in [0.717, 1.165) is 19.4 Å². The maximum atomic E-state index is 11.6. The van der Waals surface area contributed by atoms with Gasteiger partial charge in [-0.05, 0) is 26.2 Å². The third-order valence-corrected chi connectivity index (χ3v) is 2.68. The van der Waals surface area contributed by atoms with Crippen molar-refractivity contribution < 1.29 is 15.0 Å². The molecule has 1 rings (SSSR count). The molecule has 0 spiro atoms. The van der Waals surface area contributed by atoms with Crippen molar-refractivity contribution in [2.45, 2.75) is 44.8 Å². The van der Waals surface area contributed by atoms with Crippen molar-refractivity contribution in [3.05, 3.63) is 0 Å². The maximum absolute atomic E-state index is 11.6. The van der Waals surface area contributed by atoms with Gasteiger partial charge < -0.3 is 15.1 Å². The summed E-state index contributed by atoms with van der Waals surface area (Å²) in [6.07, 6.45) is 2.35. The molecule has 1 amide bonds. The molecule has 1 unspecified atom stereocenters. The Hall–Kier alpha value is -0.610. The van der Waals surface area contributed by atoms with Gasteiger partial charge in [-0.25, -0.2) is 0 Å². The number of likely N-dealkylation sites (tertiary alicyclic amines) is 1. The SMILES string of the molecule is CC(O)CCC(=O)N1CCC[C@@H]1CO. The molecule has 0 radical (unpaired) electrons. The summed E-state index contributed by atoms with van der Waals surface area (Å²) in [5.41, 5.74) is 0. The Kier molecular flexibility index (Phi) is 4.35. The fourth-order valence-corrected chi connectivity index (χ4v) is 1.83. The number of carbonyl (C=O) groups is 1. The van der Waals surface area contributed by atoms with Crippen molar-refractivity contribution in [1.82, 2.24) is 4.90 Å². The largest absolute Gasteiger partial charge is 0.394 e. The van der Waals surface area contributed by atoms with Crippen LogP contribution in [-0.2, 0) is 4.79 Å². The maximum Gasteiger partial charge on any atom is 0.222 e. The first kappa shape index (κ1) is 11.5. The third kappa shape index (κ3) is 2.96. The number of aliphatic hydroxyl groups excluding tert-OH is 2.